The lowest BCUT2D eigenvalue weighted by Crippen LogP contribution is -2.37. The summed E-state index contributed by atoms with van der Waals surface area (Å²) in [6.45, 7) is 1.86. The van der Waals surface area contributed by atoms with Crippen molar-refractivity contribution in [3.05, 3.63) is 23.3 Å². The molecule has 0 saturated carbocycles. The Morgan fingerprint density at radius 3 is 2.71 bits per heavy atom. The Bertz CT molecular complexity index is 534. The van der Waals surface area contributed by atoms with Gasteiger partial charge in [0.2, 0.25) is 0 Å². The summed E-state index contributed by atoms with van der Waals surface area (Å²) >= 11 is 0. The molecule has 0 amide bonds. The topological polar surface area (TPSA) is 82.1 Å². The quantitative estimate of drug-likeness (QED) is 0.560. The largest absolute Gasteiger partial charge is 0.460 e. The van der Waals surface area contributed by atoms with Gasteiger partial charge < -0.3 is 19.3 Å². The number of aliphatic hydroxyl groups excluding tert-OH is 1. The summed E-state index contributed by atoms with van der Waals surface area (Å²) in [5.41, 5.74) is 1.40. The first kappa shape index (κ1) is 14.3. The maximum absolute atomic E-state index is 11.9. The molecule has 5 atom stereocenters. The molecule has 1 N–H and O–H groups in total. The summed E-state index contributed by atoms with van der Waals surface area (Å²) in [4.78, 5) is 23.7. The van der Waals surface area contributed by atoms with Crippen molar-refractivity contribution in [1.29, 1.82) is 0 Å². The third-order valence-electron chi connectivity index (χ3n) is 4.23. The average molecular weight is 294 g/mol. The molecule has 21 heavy (non-hydrogen) atoms. The predicted molar refractivity (Wildman–Crippen MR) is 71.1 cm³/mol. The Balaban J connectivity index is 1.97. The van der Waals surface area contributed by atoms with Crippen LogP contribution in [0.2, 0.25) is 0 Å². The SMILES string of the molecule is CO[C@H]1C(=O)O[C@H]2CC3=C[C@H](C/C(C)=C/[C@@H](O)[C@@H]21)OC3=O. The minimum Gasteiger partial charge on any atom is -0.460 e. The highest BCUT2D eigenvalue weighted by atomic mass is 16.6. The van der Waals surface area contributed by atoms with Crippen molar-refractivity contribution in [1.82, 2.24) is 0 Å². The third kappa shape index (κ3) is 2.49. The highest BCUT2D eigenvalue weighted by Gasteiger charge is 2.49. The summed E-state index contributed by atoms with van der Waals surface area (Å²) in [6.07, 6.45) is 1.69. The number of hydrogen-bond donors (Lipinski definition) is 1. The van der Waals surface area contributed by atoms with E-state index in [0.717, 1.165) is 5.57 Å². The molecule has 6 heteroatoms. The van der Waals surface area contributed by atoms with Crippen LogP contribution in [0.4, 0.5) is 0 Å². The van der Waals surface area contributed by atoms with Gasteiger partial charge in [0.15, 0.2) is 6.10 Å². The predicted octanol–water partition coefficient (Wildman–Crippen LogP) is 0.496. The second-order valence-electron chi connectivity index (χ2n) is 5.76. The molecule has 3 aliphatic rings. The maximum atomic E-state index is 11.9. The second-order valence-corrected chi connectivity index (χ2v) is 5.76. The zero-order valence-corrected chi connectivity index (χ0v) is 11.9. The Kier molecular flexibility index (Phi) is 3.59. The number of methoxy groups -OCH3 is 1. The molecule has 0 aromatic carbocycles. The van der Waals surface area contributed by atoms with Gasteiger partial charge in [-0.1, -0.05) is 11.6 Å². The minimum atomic E-state index is -0.861. The lowest BCUT2D eigenvalue weighted by Gasteiger charge is -2.24. The van der Waals surface area contributed by atoms with Crippen molar-refractivity contribution in [3.8, 4) is 0 Å². The molecule has 3 rings (SSSR count). The number of aliphatic hydroxyl groups is 1. The van der Waals surface area contributed by atoms with Gasteiger partial charge in [0, 0.05) is 25.5 Å². The van der Waals surface area contributed by atoms with Gasteiger partial charge in [-0.3, -0.25) is 0 Å². The van der Waals surface area contributed by atoms with Gasteiger partial charge in [0.25, 0.3) is 0 Å². The van der Waals surface area contributed by atoms with Crippen molar-refractivity contribution in [2.75, 3.05) is 7.11 Å². The summed E-state index contributed by atoms with van der Waals surface area (Å²) in [6, 6.07) is 0. The van der Waals surface area contributed by atoms with Crippen molar-refractivity contribution < 1.29 is 28.9 Å². The van der Waals surface area contributed by atoms with Crippen LogP contribution in [-0.4, -0.2) is 48.6 Å². The van der Waals surface area contributed by atoms with Crippen LogP contribution in [0.1, 0.15) is 19.8 Å². The van der Waals surface area contributed by atoms with Crippen LogP contribution in [0.15, 0.2) is 23.3 Å². The van der Waals surface area contributed by atoms with Crippen LogP contribution in [-0.2, 0) is 23.8 Å². The van der Waals surface area contributed by atoms with E-state index in [9.17, 15) is 14.7 Å². The highest BCUT2D eigenvalue weighted by Crippen LogP contribution is 2.36. The molecule has 2 aliphatic heterocycles. The monoisotopic (exact) mass is 294 g/mol. The molecule has 0 unspecified atom stereocenters. The number of esters is 2. The molecule has 114 valence electrons. The van der Waals surface area contributed by atoms with Crippen LogP contribution >= 0.6 is 0 Å². The molecular formula is C15H18O6. The van der Waals surface area contributed by atoms with Crippen LogP contribution in [0.3, 0.4) is 0 Å². The zero-order valence-electron chi connectivity index (χ0n) is 11.9. The second kappa shape index (κ2) is 5.27. The van der Waals surface area contributed by atoms with Crippen molar-refractivity contribution in [3.63, 3.8) is 0 Å². The molecule has 2 heterocycles. The fourth-order valence-corrected chi connectivity index (χ4v) is 3.27. The van der Waals surface area contributed by atoms with Gasteiger partial charge in [-0.15, -0.1) is 0 Å². The Morgan fingerprint density at radius 1 is 1.24 bits per heavy atom. The first-order chi connectivity index (χ1) is 9.99. The molecule has 1 fully saturated rings. The molecule has 0 aromatic rings. The van der Waals surface area contributed by atoms with Crippen molar-refractivity contribution in [2.45, 2.75) is 44.2 Å². The van der Waals surface area contributed by atoms with Crippen LogP contribution in [0.5, 0.6) is 0 Å². The Labute approximate surface area is 122 Å². The van der Waals surface area contributed by atoms with E-state index in [1.54, 1.807) is 12.2 Å². The number of hydrogen-bond acceptors (Lipinski definition) is 6. The van der Waals surface area contributed by atoms with E-state index in [-0.39, 0.29) is 18.5 Å². The standard InChI is InChI=1S/C15H18O6/c1-7-3-9-5-8(14(17)20-9)6-11-12(10(16)4-7)13(19-2)15(18)21-11/h4-5,9-13,16H,3,6H2,1-2H3/b7-4+/t9-,10+,11-,12-,13+/m0/s1. The van der Waals surface area contributed by atoms with E-state index in [2.05, 4.69) is 0 Å². The summed E-state index contributed by atoms with van der Waals surface area (Å²) in [7, 11) is 1.41. The average Bonchev–Trinajstić information content (AvgIpc) is 2.89. The van der Waals surface area contributed by atoms with E-state index in [1.165, 1.54) is 7.11 Å². The van der Waals surface area contributed by atoms with E-state index in [4.69, 9.17) is 14.2 Å². The highest BCUT2D eigenvalue weighted by molar-refractivity contribution is 5.91. The first-order valence-corrected chi connectivity index (χ1v) is 7.00. The van der Waals surface area contributed by atoms with Gasteiger partial charge in [-0.2, -0.15) is 0 Å². The number of ether oxygens (including phenoxy) is 3. The number of fused-ring (bicyclic) bond motifs is 2. The van der Waals surface area contributed by atoms with Gasteiger partial charge in [-0.25, -0.2) is 9.59 Å². The summed E-state index contributed by atoms with van der Waals surface area (Å²) in [5, 5.41) is 10.4. The molecule has 0 radical (unpaired) electrons. The third-order valence-corrected chi connectivity index (χ3v) is 4.23. The van der Waals surface area contributed by atoms with Gasteiger partial charge in [0.05, 0.1) is 12.0 Å². The van der Waals surface area contributed by atoms with E-state index in [1.807, 2.05) is 6.92 Å². The molecule has 0 spiro atoms. The molecule has 0 aromatic heterocycles. The van der Waals surface area contributed by atoms with Crippen LogP contribution < -0.4 is 0 Å². The van der Waals surface area contributed by atoms with Gasteiger partial charge in [-0.05, 0) is 13.0 Å². The Hall–Kier alpha value is -1.66. The summed E-state index contributed by atoms with van der Waals surface area (Å²) in [5.74, 6) is -1.40. The number of carbonyl (C=O) groups excluding carboxylic acids is 2. The van der Waals surface area contributed by atoms with Crippen molar-refractivity contribution >= 4 is 11.9 Å². The molecule has 1 saturated heterocycles. The first-order valence-electron chi connectivity index (χ1n) is 7.00. The zero-order chi connectivity index (χ0) is 15.1. The number of carbonyl (C=O) groups is 2. The minimum absolute atomic E-state index is 0.246. The van der Waals surface area contributed by atoms with Crippen LogP contribution in [0.25, 0.3) is 0 Å². The fourth-order valence-electron chi connectivity index (χ4n) is 3.27. The smallest absolute Gasteiger partial charge is 0.336 e. The van der Waals surface area contributed by atoms with E-state index < -0.39 is 30.2 Å². The van der Waals surface area contributed by atoms with Gasteiger partial charge >= 0.3 is 11.9 Å². The lowest BCUT2D eigenvalue weighted by atomic mass is 9.86. The van der Waals surface area contributed by atoms with Crippen LogP contribution in [0, 0.1) is 5.92 Å². The van der Waals surface area contributed by atoms with Crippen molar-refractivity contribution in [2.24, 2.45) is 5.92 Å². The number of rotatable bonds is 1. The van der Waals surface area contributed by atoms with E-state index >= 15 is 0 Å². The molecule has 6 nitrogen and oxygen atoms in total. The lowest BCUT2D eigenvalue weighted by molar-refractivity contribution is -0.149. The normalized spacial score (nSPS) is 41.6. The molecule has 1 aliphatic carbocycles. The van der Waals surface area contributed by atoms with E-state index in [0.29, 0.717) is 12.0 Å². The molecule has 2 bridgehead atoms. The Morgan fingerprint density at radius 2 is 2.00 bits per heavy atom. The fraction of sp³-hybridized carbons (Fsp3) is 0.600. The van der Waals surface area contributed by atoms with Gasteiger partial charge in [0.1, 0.15) is 12.2 Å². The maximum Gasteiger partial charge on any atom is 0.336 e. The summed E-state index contributed by atoms with van der Waals surface area (Å²) < 4.78 is 15.7. The molecular weight excluding hydrogens is 276 g/mol.